The van der Waals surface area contributed by atoms with E-state index in [0.717, 1.165) is 5.69 Å². The molecule has 0 aliphatic heterocycles. The van der Waals surface area contributed by atoms with Crippen LogP contribution in [0.25, 0.3) is 4.72 Å². The lowest BCUT2D eigenvalue weighted by Crippen LogP contribution is -2.30. The number of sulfonamides is 1. The monoisotopic (exact) mass is 459 g/mol. The fourth-order valence-corrected chi connectivity index (χ4v) is 4.36. The number of aromatic amines is 1. The number of benzene rings is 2. The number of nitrogens with one attached hydrogen (secondary N) is 1. The molecule has 0 spiro atoms. The number of methoxy groups -OCH3 is 1. The minimum absolute atomic E-state index is 0.00431. The highest BCUT2D eigenvalue weighted by molar-refractivity contribution is 7.94. The summed E-state index contributed by atoms with van der Waals surface area (Å²) in [6.45, 7) is 0.459. The van der Waals surface area contributed by atoms with Crippen molar-refractivity contribution in [1.29, 1.82) is 0 Å². The van der Waals surface area contributed by atoms with Gasteiger partial charge in [0.2, 0.25) is 0 Å². The minimum Gasteiger partial charge on any atom is -0.573 e. The van der Waals surface area contributed by atoms with Gasteiger partial charge in [-0.15, -0.1) is 5.69 Å². The van der Waals surface area contributed by atoms with Gasteiger partial charge in [0.1, 0.15) is 15.8 Å². The van der Waals surface area contributed by atoms with Gasteiger partial charge in [0.05, 0.1) is 17.0 Å². The molecule has 9 heteroatoms. The minimum atomic E-state index is -4.12. The molecule has 3 aromatic rings. The number of aromatic nitrogens is 1. The van der Waals surface area contributed by atoms with Crippen molar-refractivity contribution in [2.45, 2.75) is 11.3 Å². The van der Waals surface area contributed by atoms with Crippen molar-refractivity contribution in [2.75, 3.05) is 20.7 Å². The van der Waals surface area contributed by atoms with Gasteiger partial charge in [-0.05, 0) is 30.3 Å². The maximum atomic E-state index is 12.8. The summed E-state index contributed by atoms with van der Waals surface area (Å²) in [5.74, 6) is 0.270. The van der Waals surface area contributed by atoms with Crippen LogP contribution in [-0.2, 0) is 16.4 Å². The lowest BCUT2D eigenvalue weighted by Gasteiger charge is -2.23. The molecular formula is C22H22ClN3O4S. The fraction of sp³-hybridized carbons (Fsp3) is 0.182. The van der Waals surface area contributed by atoms with Gasteiger partial charge in [-0.25, -0.2) is 13.4 Å². The van der Waals surface area contributed by atoms with Crippen molar-refractivity contribution in [1.82, 2.24) is 4.90 Å². The quantitative estimate of drug-likeness (QED) is 0.511. The lowest BCUT2D eigenvalue weighted by molar-refractivity contribution is -0.390. The van der Waals surface area contributed by atoms with E-state index in [-0.39, 0.29) is 27.1 Å². The van der Waals surface area contributed by atoms with E-state index in [2.05, 4.69) is 9.71 Å². The van der Waals surface area contributed by atoms with Crippen LogP contribution in [0, 0.1) is 0 Å². The summed E-state index contributed by atoms with van der Waals surface area (Å²) < 4.78 is 34.5. The third-order valence-electron chi connectivity index (χ3n) is 4.59. The molecule has 162 valence electrons. The third kappa shape index (κ3) is 5.74. The maximum absolute atomic E-state index is 12.8. The molecule has 1 amide bonds. The van der Waals surface area contributed by atoms with Crippen molar-refractivity contribution < 1.29 is 22.9 Å². The van der Waals surface area contributed by atoms with Crippen LogP contribution in [0.3, 0.4) is 0 Å². The molecule has 7 nitrogen and oxygen atoms in total. The summed E-state index contributed by atoms with van der Waals surface area (Å²) in [6.07, 6.45) is 2.45. The molecule has 0 bridgehead atoms. The summed E-state index contributed by atoms with van der Waals surface area (Å²) in [4.78, 5) is 17.2. The first-order valence-electron chi connectivity index (χ1n) is 9.43. The van der Waals surface area contributed by atoms with Crippen molar-refractivity contribution in [3.8, 4) is 5.75 Å². The van der Waals surface area contributed by atoms with E-state index in [1.54, 1.807) is 19.2 Å². The summed E-state index contributed by atoms with van der Waals surface area (Å²) in [6, 6.07) is 16.1. The number of H-pyrrole nitrogens is 1. The number of carbonyl (C=O) groups excluding carboxylic acids is 1. The number of halogens is 1. The maximum Gasteiger partial charge on any atom is 0.253 e. The van der Waals surface area contributed by atoms with Gasteiger partial charge in [0.25, 0.3) is 5.91 Å². The van der Waals surface area contributed by atoms with Gasteiger partial charge in [0.15, 0.2) is 11.9 Å². The number of amides is 1. The first-order chi connectivity index (χ1) is 14.8. The predicted molar refractivity (Wildman–Crippen MR) is 118 cm³/mol. The molecule has 1 aromatic heterocycles. The van der Waals surface area contributed by atoms with E-state index in [9.17, 15) is 13.2 Å². The number of hydrogen-bond donors (Lipinski definition) is 0. The molecule has 1 heterocycles. The van der Waals surface area contributed by atoms with Gasteiger partial charge in [0, 0.05) is 37.7 Å². The summed E-state index contributed by atoms with van der Waals surface area (Å²) >= 11 is 6.13. The van der Waals surface area contributed by atoms with Gasteiger partial charge in [-0.2, -0.15) is 0 Å². The molecule has 3 rings (SSSR count). The highest BCUT2D eigenvalue weighted by Gasteiger charge is 2.18. The Morgan fingerprint density at radius 3 is 2.52 bits per heavy atom. The lowest BCUT2D eigenvalue weighted by atomic mass is 10.2. The first kappa shape index (κ1) is 22.6. The third-order valence-corrected chi connectivity index (χ3v) is 6.38. The van der Waals surface area contributed by atoms with Crippen LogP contribution in [0.15, 0.2) is 71.8 Å². The van der Waals surface area contributed by atoms with Gasteiger partial charge >= 0.3 is 0 Å². The largest absolute Gasteiger partial charge is 0.573 e. The van der Waals surface area contributed by atoms with Crippen LogP contribution in [-0.4, -0.2) is 39.9 Å². The fourth-order valence-electron chi connectivity index (χ4n) is 2.86. The Morgan fingerprint density at radius 2 is 1.87 bits per heavy atom. The normalized spacial score (nSPS) is 11.1. The van der Waals surface area contributed by atoms with Crippen molar-refractivity contribution >= 4 is 33.2 Å². The van der Waals surface area contributed by atoms with E-state index in [1.165, 1.54) is 42.3 Å². The van der Waals surface area contributed by atoms with E-state index in [4.69, 9.17) is 16.3 Å². The average molecular weight is 460 g/mol. The highest BCUT2D eigenvalue weighted by atomic mass is 35.5. The van der Waals surface area contributed by atoms with Gasteiger partial charge in [-0.1, -0.05) is 29.8 Å². The second-order valence-corrected chi connectivity index (χ2v) is 8.75. The van der Waals surface area contributed by atoms with Crippen LogP contribution in [0.1, 0.15) is 16.1 Å². The number of likely N-dealkylation sites (N-methyl/N-ethyl adjacent to an activating group) is 1. The Hall–Kier alpha value is -3.10. The first-order valence-corrected chi connectivity index (χ1v) is 11.2. The standard InChI is InChI=1S/C22H21ClN3O4S/c1-26(14-12-17-5-3-4-13-24-17)22(27)16-6-11-20(23)21(15-16)31(28,29)25-18-7-9-19(30-2)10-8-18/h3-11,13,15H,12,14H2,1-2H3/q-1/p+1. The molecule has 0 radical (unpaired) electrons. The SMILES string of the molecule is COc1ccc([N-]S(=O)(=O)c2cc(C(=O)N(C)CCc3cccc[nH+]3)ccc2Cl)cc1. The topological polar surface area (TPSA) is 91.9 Å². The zero-order valence-corrected chi connectivity index (χ0v) is 18.7. The molecule has 0 saturated heterocycles. The average Bonchev–Trinajstić information content (AvgIpc) is 2.78. The Labute approximate surface area is 186 Å². The molecule has 2 aromatic carbocycles. The summed E-state index contributed by atoms with van der Waals surface area (Å²) in [5.41, 5.74) is 1.43. The number of pyridine rings is 1. The summed E-state index contributed by atoms with van der Waals surface area (Å²) in [7, 11) is -0.947. The predicted octanol–water partition coefficient (Wildman–Crippen LogP) is 3.87. The Morgan fingerprint density at radius 1 is 1.13 bits per heavy atom. The van der Waals surface area contributed by atoms with Crippen LogP contribution in [0.5, 0.6) is 5.75 Å². The van der Waals surface area contributed by atoms with E-state index < -0.39 is 10.0 Å². The van der Waals surface area contributed by atoms with Crippen LogP contribution < -0.4 is 9.72 Å². The highest BCUT2D eigenvalue weighted by Crippen LogP contribution is 2.33. The van der Waals surface area contributed by atoms with Gasteiger partial charge in [-0.3, -0.25) is 4.79 Å². The zero-order chi connectivity index (χ0) is 22.4. The number of hydrogen-bond acceptors (Lipinski definition) is 4. The number of carbonyl (C=O) groups is 1. The zero-order valence-electron chi connectivity index (χ0n) is 17.1. The van der Waals surface area contributed by atoms with Gasteiger partial charge < -0.3 is 14.4 Å². The summed E-state index contributed by atoms with van der Waals surface area (Å²) in [5, 5.41) is -0.00431. The Bertz CT molecular complexity index is 1150. The Kier molecular flexibility index (Phi) is 7.14. The second kappa shape index (κ2) is 9.80. The van der Waals surface area contributed by atoms with Crippen LogP contribution >= 0.6 is 11.6 Å². The number of ether oxygens (including phenoxy) is 1. The van der Waals surface area contributed by atoms with E-state index in [0.29, 0.717) is 18.7 Å². The molecule has 0 aliphatic rings. The molecular weight excluding hydrogens is 438 g/mol. The molecule has 0 aliphatic carbocycles. The molecule has 0 saturated carbocycles. The molecule has 0 fully saturated rings. The number of rotatable bonds is 8. The second-order valence-electron chi connectivity index (χ2n) is 6.77. The molecule has 0 unspecified atom stereocenters. The van der Waals surface area contributed by atoms with Crippen LogP contribution in [0.2, 0.25) is 5.02 Å². The number of nitrogens with zero attached hydrogens (tertiary/aromatic N) is 2. The molecule has 0 atom stereocenters. The molecule has 1 N–H and O–H groups in total. The smallest absolute Gasteiger partial charge is 0.253 e. The Balaban J connectivity index is 1.77. The van der Waals surface area contributed by atoms with Crippen molar-refractivity contribution in [3.63, 3.8) is 0 Å². The van der Waals surface area contributed by atoms with E-state index in [1.807, 2.05) is 24.4 Å². The van der Waals surface area contributed by atoms with E-state index >= 15 is 0 Å². The molecule has 31 heavy (non-hydrogen) atoms. The van der Waals surface area contributed by atoms with Crippen LogP contribution in [0.4, 0.5) is 5.69 Å². The van der Waals surface area contributed by atoms with Crippen molar-refractivity contribution in [3.05, 3.63) is 87.9 Å². The van der Waals surface area contributed by atoms with Crippen molar-refractivity contribution in [2.24, 2.45) is 0 Å².